The van der Waals surface area contributed by atoms with Crippen LogP contribution < -0.4 is 10.2 Å². The number of amides is 2. The summed E-state index contributed by atoms with van der Waals surface area (Å²) in [5, 5.41) is 2.72. The van der Waals surface area contributed by atoms with Gasteiger partial charge in [-0.25, -0.2) is 18.6 Å². The highest BCUT2D eigenvalue weighted by Gasteiger charge is 2.24. The molecule has 1 N–H and O–H groups in total. The molecule has 0 radical (unpaired) electrons. The van der Waals surface area contributed by atoms with Crippen LogP contribution in [-0.4, -0.2) is 47.1 Å². The minimum Gasteiger partial charge on any atom is -0.352 e. The molecule has 0 aliphatic carbocycles. The predicted octanol–water partition coefficient (Wildman–Crippen LogP) is 2.35. The molecule has 1 saturated heterocycles. The lowest BCUT2D eigenvalue weighted by Gasteiger charge is -2.35. The van der Waals surface area contributed by atoms with E-state index in [1.807, 2.05) is 4.90 Å². The molecule has 1 aromatic carbocycles. The lowest BCUT2D eigenvalue weighted by molar-refractivity contribution is 0.191. The zero-order valence-electron chi connectivity index (χ0n) is 13.8. The van der Waals surface area contributed by atoms with Crippen molar-refractivity contribution < 1.29 is 13.6 Å². The zero-order chi connectivity index (χ0) is 17.8. The van der Waals surface area contributed by atoms with Gasteiger partial charge in [0.2, 0.25) is 0 Å². The van der Waals surface area contributed by atoms with E-state index in [1.165, 1.54) is 0 Å². The van der Waals surface area contributed by atoms with Crippen molar-refractivity contribution >= 4 is 11.8 Å². The van der Waals surface area contributed by atoms with Gasteiger partial charge in [-0.1, -0.05) is 0 Å². The standard InChI is InChI=1S/C17H19F2N5O/c1-12(14-10-13(18)2-3-15(14)19)22-17(25)24-8-6-23(7-9-24)16-11-20-4-5-21-16/h2-5,10-12H,6-9H2,1H3,(H,22,25)/t12-/m1/s1. The Balaban J connectivity index is 1.57. The van der Waals surface area contributed by atoms with E-state index in [9.17, 15) is 13.6 Å². The van der Waals surface area contributed by atoms with Crippen LogP contribution in [-0.2, 0) is 0 Å². The van der Waals surface area contributed by atoms with Crippen molar-refractivity contribution in [3.05, 3.63) is 54.0 Å². The molecule has 1 aliphatic heterocycles. The predicted molar refractivity (Wildman–Crippen MR) is 89.1 cm³/mol. The first kappa shape index (κ1) is 17.1. The summed E-state index contributed by atoms with van der Waals surface area (Å²) in [5.74, 6) is -0.297. The Morgan fingerprint density at radius 1 is 1.20 bits per heavy atom. The summed E-state index contributed by atoms with van der Waals surface area (Å²) in [6, 6.07) is 2.30. The van der Waals surface area contributed by atoms with E-state index in [-0.39, 0.29) is 11.6 Å². The van der Waals surface area contributed by atoms with Crippen LogP contribution in [0.2, 0.25) is 0 Å². The van der Waals surface area contributed by atoms with Crippen LogP contribution in [0.5, 0.6) is 0 Å². The summed E-state index contributed by atoms with van der Waals surface area (Å²) in [7, 11) is 0. The van der Waals surface area contributed by atoms with E-state index in [0.717, 1.165) is 24.0 Å². The third-order valence-corrected chi connectivity index (χ3v) is 4.20. The zero-order valence-corrected chi connectivity index (χ0v) is 13.8. The highest BCUT2D eigenvalue weighted by molar-refractivity contribution is 5.75. The van der Waals surface area contributed by atoms with Gasteiger partial charge < -0.3 is 15.1 Å². The fraction of sp³-hybridized carbons (Fsp3) is 0.353. The molecule has 1 atom stereocenters. The van der Waals surface area contributed by atoms with Crippen molar-refractivity contribution in [3.63, 3.8) is 0 Å². The molecule has 132 valence electrons. The van der Waals surface area contributed by atoms with Gasteiger partial charge in [0.15, 0.2) is 0 Å². The number of nitrogens with one attached hydrogen (secondary N) is 1. The van der Waals surface area contributed by atoms with Gasteiger partial charge in [-0.2, -0.15) is 0 Å². The van der Waals surface area contributed by atoms with E-state index in [0.29, 0.717) is 26.2 Å². The summed E-state index contributed by atoms with van der Waals surface area (Å²) in [4.78, 5) is 24.4. The second-order valence-corrected chi connectivity index (χ2v) is 5.87. The highest BCUT2D eigenvalue weighted by atomic mass is 19.1. The molecule has 1 fully saturated rings. The molecule has 8 heteroatoms. The molecule has 6 nitrogen and oxygen atoms in total. The Hall–Kier alpha value is -2.77. The SMILES string of the molecule is C[C@@H](NC(=O)N1CCN(c2cnccn2)CC1)c1cc(F)ccc1F. The van der Waals surface area contributed by atoms with Crippen LogP contribution >= 0.6 is 0 Å². The van der Waals surface area contributed by atoms with Gasteiger partial charge in [0.25, 0.3) is 0 Å². The third kappa shape index (κ3) is 4.01. The Morgan fingerprint density at radius 3 is 2.64 bits per heavy atom. The summed E-state index contributed by atoms with van der Waals surface area (Å²) in [6.45, 7) is 3.93. The molecule has 2 amide bonds. The van der Waals surface area contributed by atoms with Crippen molar-refractivity contribution in [2.75, 3.05) is 31.1 Å². The first-order valence-electron chi connectivity index (χ1n) is 8.06. The Morgan fingerprint density at radius 2 is 1.96 bits per heavy atom. The Labute approximate surface area is 144 Å². The number of anilines is 1. The fourth-order valence-electron chi connectivity index (χ4n) is 2.79. The molecule has 1 aromatic heterocycles. The second-order valence-electron chi connectivity index (χ2n) is 5.87. The highest BCUT2D eigenvalue weighted by Crippen LogP contribution is 2.19. The number of nitrogens with zero attached hydrogens (tertiary/aromatic N) is 4. The van der Waals surface area contributed by atoms with Crippen molar-refractivity contribution in [2.45, 2.75) is 13.0 Å². The quantitative estimate of drug-likeness (QED) is 0.926. The third-order valence-electron chi connectivity index (χ3n) is 4.20. The number of hydrogen-bond donors (Lipinski definition) is 1. The number of carbonyl (C=O) groups excluding carboxylic acids is 1. The number of rotatable bonds is 3. The second kappa shape index (κ2) is 7.42. The summed E-state index contributed by atoms with van der Waals surface area (Å²) >= 11 is 0. The maximum atomic E-state index is 13.8. The van der Waals surface area contributed by atoms with Gasteiger partial charge in [0.1, 0.15) is 17.5 Å². The van der Waals surface area contributed by atoms with Gasteiger partial charge in [-0.3, -0.25) is 4.98 Å². The normalized spacial score (nSPS) is 15.8. The maximum Gasteiger partial charge on any atom is 0.317 e. The van der Waals surface area contributed by atoms with Crippen LogP contribution in [0.1, 0.15) is 18.5 Å². The molecule has 0 bridgehead atoms. The lowest BCUT2D eigenvalue weighted by atomic mass is 10.1. The van der Waals surface area contributed by atoms with Gasteiger partial charge in [0.05, 0.1) is 12.2 Å². The van der Waals surface area contributed by atoms with Crippen LogP contribution in [0.15, 0.2) is 36.8 Å². The van der Waals surface area contributed by atoms with Crippen molar-refractivity contribution in [1.82, 2.24) is 20.2 Å². The molecule has 2 heterocycles. The minimum absolute atomic E-state index is 0.131. The Kier molecular flexibility index (Phi) is 5.06. The van der Waals surface area contributed by atoms with Gasteiger partial charge >= 0.3 is 6.03 Å². The average molecular weight is 347 g/mol. The van der Waals surface area contributed by atoms with E-state index in [4.69, 9.17) is 0 Å². The largest absolute Gasteiger partial charge is 0.352 e. The summed E-state index contributed by atoms with van der Waals surface area (Å²) < 4.78 is 27.1. The number of hydrogen-bond acceptors (Lipinski definition) is 4. The Bertz CT molecular complexity index is 735. The molecule has 25 heavy (non-hydrogen) atoms. The number of aromatic nitrogens is 2. The van der Waals surface area contributed by atoms with E-state index in [1.54, 1.807) is 30.4 Å². The minimum atomic E-state index is -0.624. The molecule has 1 aliphatic rings. The van der Waals surface area contributed by atoms with Gasteiger partial charge in [-0.05, 0) is 25.1 Å². The van der Waals surface area contributed by atoms with E-state index < -0.39 is 17.7 Å². The van der Waals surface area contributed by atoms with Crippen molar-refractivity contribution in [3.8, 4) is 0 Å². The van der Waals surface area contributed by atoms with Crippen molar-refractivity contribution in [1.29, 1.82) is 0 Å². The molecule has 0 unspecified atom stereocenters. The fourth-order valence-corrected chi connectivity index (χ4v) is 2.79. The number of benzene rings is 1. The van der Waals surface area contributed by atoms with Gasteiger partial charge in [-0.15, -0.1) is 0 Å². The van der Waals surface area contributed by atoms with E-state index in [2.05, 4.69) is 15.3 Å². The van der Waals surface area contributed by atoms with Crippen molar-refractivity contribution in [2.24, 2.45) is 0 Å². The van der Waals surface area contributed by atoms with Crippen LogP contribution in [0.4, 0.5) is 19.4 Å². The van der Waals surface area contributed by atoms with Crippen LogP contribution in [0, 0.1) is 11.6 Å². The molecular formula is C17H19F2N5O. The van der Waals surface area contributed by atoms with E-state index >= 15 is 0 Å². The molecule has 3 rings (SSSR count). The first-order chi connectivity index (χ1) is 12.0. The summed E-state index contributed by atoms with van der Waals surface area (Å²) in [6.07, 6.45) is 4.92. The summed E-state index contributed by atoms with van der Waals surface area (Å²) in [5.41, 5.74) is 0.131. The number of urea groups is 1. The average Bonchev–Trinajstić information content (AvgIpc) is 2.64. The number of carbonyl (C=O) groups is 1. The topological polar surface area (TPSA) is 61.4 Å². The smallest absolute Gasteiger partial charge is 0.317 e. The molecule has 0 spiro atoms. The number of halogens is 2. The van der Waals surface area contributed by atoms with Gasteiger partial charge in [0, 0.05) is 44.1 Å². The van der Waals surface area contributed by atoms with Crippen LogP contribution in [0.3, 0.4) is 0 Å². The van der Waals surface area contributed by atoms with Crippen LogP contribution in [0.25, 0.3) is 0 Å². The molecule has 2 aromatic rings. The number of piperazine rings is 1. The lowest BCUT2D eigenvalue weighted by Crippen LogP contribution is -2.52. The first-order valence-corrected chi connectivity index (χ1v) is 8.06. The maximum absolute atomic E-state index is 13.8. The monoisotopic (exact) mass is 347 g/mol. The molecular weight excluding hydrogens is 328 g/mol. The molecule has 0 saturated carbocycles.